The zero-order valence-corrected chi connectivity index (χ0v) is 17.4. The molecule has 3 N–H and O–H groups in total. The minimum Gasteiger partial charge on any atom is -0.368 e. The molecule has 1 aromatic carbocycles. The lowest BCUT2D eigenvalue weighted by Crippen LogP contribution is -2.61. The molecule has 7 nitrogen and oxygen atoms in total. The maximum Gasteiger partial charge on any atom is 0.248 e. The summed E-state index contributed by atoms with van der Waals surface area (Å²) in [6.45, 7) is 8.00. The fourth-order valence-corrected chi connectivity index (χ4v) is 4.73. The second-order valence-corrected chi connectivity index (χ2v) is 9.21. The topological polar surface area (TPSA) is 84.9 Å². The molecule has 29 heavy (non-hydrogen) atoms. The molecule has 2 aliphatic heterocycles. The number of hydrogen-bond acceptors (Lipinski definition) is 5. The van der Waals surface area contributed by atoms with Gasteiger partial charge in [0.25, 0.3) is 0 Å². The Morgan fingerprint density at radius 1 is 1.21 bits per heavy atom. The van der Waals surface area contributed by atoms with Crippen LogP contribution >= 0.6 is 0 Å². The van der Waals surface area contributed by atoms with Gasteiger partial charge < -0.3 is 15.1 Å². The predicted molar refractivity (Wildman–Crippen MR) is 111 cm³/mol. The van der Waals surface area contributed by atoms with Crippen molar-refractivity contribution in [1.29, 1.82) is 0 Å². The average molecular weight is 401 g/mol. The van der Waals surface area contributed by atoms with Crippen LogP contribution in [0.4, 0.5) is 5.69 Å². The molecule has 0 radical (unpaired) electrons. The van der Waals surface area contributed by atoms with Crippen molar-refractivity contribution in [3.8, 4) is 0 Å². The van der Waals surface area contributed by atoms with Gasteiger partial charge in [0.1, 0.15) is 0 Å². The van der Waals surface area contributed by atoms with Gasteiger partial charge in [0, 0.05) is 38.4 Å². The van der Waals surface area contributed by atoms with E-state index in [1.807, 2.05) is 4.90 Å². The molecule has 1 aliphatic carbocycles. The second kappa shape index (κ2) is 7.95. The standard InChI is InChI=1S/C22H32N4O3/c1-15(2)16-4-3-5-17(12-16)25-8-10-26(11-9-25)21(28)19-18(20(27)24-29)13-22(6-7-22)14-23-19/h3-5,12,15,18-19,23,29H,6-11,13-14H2,1-2H3,(H,24,27)/t18-,19-/m0/s1. The summed E-state index contributed by atoms with van der Waals surface area (Å²) in [5.74, 6) is -0.500. The van der Waals surface area contributed by atoms with E-state index in [-0.39, 0.29) is 11.3 Å². The largest absolute Gasteiger partial charge is 0.368 e. The Hall–Kier alpha value is -2.12. The third-order valence-corrected chi connectivity index (χ3v) is 6.92. The number of carbonyl (C=O) groups excluding carboxylic acids is 2. The van der Waals surface area contributed by atoms with Crippen molar-refractivity contribution >= 4 is 17.5 Å². The number of nitrogens with zero attached hydrogens (tertiary/aromatic N) is 2. The highest BCUT2D eigenvalue weighted by Gasteiger charge is 2.52. The molecule has 0 unspecified atom stereocenters. The van der Waals surface area contributed by atoms with Crippen LogP contribution in [0.15, 0.2) is 24.3 Å². The van der Waals surface area contributed by atoms with Crippen molar-refractivity contribution in [2.75, 3.05) is 37.6 Å². The number of carbonyl (C=O) groups is 2. The predicted octanol–water partition coefficient (Wildman–Crippen LogP) is 1.72. The number of hydrogen-bond donors (Lipinski definition) is 3. The molecule has 7 heteroatoms. The van der Waals surface area contributed by atoms with Gasteiger partial charge in [-0.3, -0.25) is 14.8 Å². The first kappa shape index (κ1) is 20.2. The van der Waals surface area contributed by atoms with Gasteiger partial charge in [-0.1, -0.05) is 26.0 Å². The molecular formula is C22H32N4O3. The number of piperazine rings is 1. The van der Waals surface area contributed by atoms with Crippen LogP contribution in [0, 0.1) is 11.3 Å². The number of hydroxylamine groups is 1. The van der Waals surface area contributed by atoms with Crippen LogP contribution in [0.3, 0.4) is 0 Å². The number of amides is 2. The maximum absolute atomic E-state index is 13.2. The van der Waals surface area contributed by atoms with Crippen molar-refractivity contribution in [3.63, 3.8) is 0 Å². The second-order valence-electron chi connectivity index (χ2n) is 9.21. The van der Waals surface area contributed by atoms with E-state index in [0.717, 1.165) is 32.5 Å². The molecule has 2 amide bonds. The Kier molecular flexibility index (Phi) is 5.53. The molecule has 158 valence electrons. The van der Waals surface area contributed by atoms with E-state index >= 15 is 0 Å². The van der Waals surface area contributed by atoms with Crippen LogP contribution in [-0.2, 0) is 9.59 Å². The smallest absolute Gasteiger partial charge is 0.248 e. The summed E-state index contributed by atoms with van der Waals surface area (Å²) in [5.41, 5.74) is 4.44. The van der Waals surface area contributed by atoms with Crippen LogP contribution < -0.4 is 15.7 Å². The molecule has 4 rings (SSSR count). The van der Waals surface area contributed by atoms with Crippen molar-refractivity contribution < 1.29 is 14.8 Å². The van der Waals surface area contributed by atoms with Crippen LogP contribution in [0.2, 0.25) is 0 Å². The Morgan fingerprint density at radius 2 is 1.93 bits per heavy atom. The highest BCUT2D eigenvalue weighted by atomic mass is 16.5. The van der Waals surface area contributed by atoms with Crippen LogP contribution in [0.25, 0.3) is 0 Å². The summed E-state index contributed by atoms with van der Waals surface area (Å²) in [6.07, 6.45) is 2.85. The highest BCUT2D eigenvalue weighted by Crippen LogP contribution is 2.52. The molecular weight excluding hydrogens is 368 g/mol. The van der Waals surface area contributed by atoms with E-state index in [0.29, 0.717) is 25.4 Å². The van der Waals surface area contributed by atoms with E-state index in [9.17, 15) is 9.59 Å². The fraction of sp³-hybridized carbons (Fsp3) is 0.636. The average Bonchev–Trinajstić information content (AvgIpc) is 3.51. The van der Waals surface area contributed by atoms with E-state index in [1.165, 1.54) is 11.3 Å². The third-order valence-electron chi connectivity index (χ3n) is 6.92. The summed E-state index contributed by atoms with van der Waals surface area (Å²) in [7, 11) is 0. The molecule has 0 bridgehead atoms. The van der Waals surface area contributed by atoms with Gasteiger partial charge >= 0.3 is 0 Å². The van der Waals surface area contributed by atoms with Gasteiger partial charge in [-0.15, -0.1) is 0 Å². The van der Waals surface area contributed by atoms with E-state index < -0.39 is 17.9 Å². The van der Waals surface area contributed by atoms with Gasteiger partial charge in [0.05, 0.1) is 12.0 Å². The minimum absolute atomic E-state index is 0.0234. The number of benzene rings is 1. The number of piperidine rings is 1. The highest BCUT2D eigenvalue weighted by molar-refractivity contribution is 5.90. The Balaban J connectivity index is 1.39. The molecule has 1 aromatic rings. The van der Waals surface area contributed by atoms with Gasteiger partial charge in [-0.25, -0.2) is 5.48 Å². The molecule has 3 aliphatic rings. The van der Waals surface area contributed by atoms with Gasteiger partial charge in [0.15, 0.2) is 0 Å². The Labute approximate surface area is 172 Å². The fourth-order valence-electron chi connectivity index (χ4n) is 4.73. The van der Waals surface area contributed by atoms with Gasteiger partial charge in [0.2, 0.25) is 11.8 Å². The minimum atomic E-state index is -0.552. The normalized spacial score (nSPS) is 25.9. The lowest BCUT2D eigenvalue weighted by atomic mass is 9.81. The van der Waals surface area contributed by atoms with Gasteiger partial charge in [-0.2, -0.15) is 0 Å². The maximum atomic E-state index is 13.2. The van der Waals surface area contributed by atoms with Crippen LogP contribution in [0.1, 0.15) is 44.6 Å². The quantitative estimate of drug-likeness (QED) is 0.529. The molecule has 2 atom stereocenters. The number of nitrogens with one attached hydrogen (secondary N) is 2. The zero-order valence-electron chi connectivity index (χ0n) is 17.4. The SMILES string of the molecule is CC(C)c1cccc(N2CCN(C(=O)[C@H]3NCC4(CC4)C[C@@H]3C(=O)NO)CC2)c1. The summed E-state index contributed by atoms with van der Waals surface area (Å²) < 4.78 is 0. The van der Waals surface area contributed by atoms with Crippen molar-refractivity contribution in [2.24, 2.45) is 11.3 Å². The summed E-state index contributed by atoms with van der Waals surface area (Å²) in [4.78, 5) is 29.6. The molecule has 2 heterocycles. The van der Waals surface area contributed by atoms with Crippen LogP contribution in [0.5, 0.6) is 0 Å². The summed E-state index contributed by atoms with van der Waals surface area (Å²) >= 11 is 0. The third kappa shape index (κ3) is 4.12. The first-order valence-corrected chi connectivity index (χ1v) is 10.7. The summed E-state index contributed by atoms with van der Waals surface area (Å²) in [5, 5.41) is 12.5. The number of anilines is 1. The number of rotatable bonds is 4. The van der Waals surface area contributed by atoms with E-state index in [2.05, 4.69) is 48.3 Å². The van der Waals surface area contributed by atoms with Crippen molar-refractivity contribution in [2.45, 2.75) is 45.1 Å². The van der Waals surface area contributed by atoms with Crippen molar-refractivity contribution in [3.05, 3.63) is 29.8 Å². The zero-order chi connectivity index (χ0) is 20.6. The van der Waals surface area contributed by atoms with E-state index in [4.69, 9.17) is 5.21 Å². The van der Waals surface area contributed by atoms with Crippen molar-refractivity contribution in [1.82, 2.24) is 15.7 Å². The van der Waals surface area contributed by atoms with E-state index in [1.54, 1.807) is 5.48 Å². The lowest BCUT2D eigenvalue weighted by molar-refractivity contribution is -0.145. The Bertz CT molecular complexity index is 769. The molecule has 0 aromatic heterocycles. The molecule has 3 fully saturated rings. The first-order chi connectivity index (χ1) is 13.9. The lowest BCUT2D eigenvalue weighted by Gasteiger charge is -2.41. The van der Waals surface area contributed by atoms with Gasteiger partial charge in [-0.05, 0) is 48.3 Å². The molecule has 2 saturated heterocycles. The first-order valence-electron chi connectivity index (χ1n) is 10.7. The summed E-state index contributed by atoms with van der Waals surface area (Å²) in [6, 6.07) is 8.07. The van der Waals surface area contributed by atoms with Crippen LogP contribution in [-0.4, -0.2) is 60.7 Å². The Morgan fingerprint density at radius 3 is 2.55 bits per heavy atom. The molecule has 1 saturated carbocycles. The monoisotopic (exact) mass is 400 g/mol. The molecule has 1 spiro atoms.